The van der Waals surface area contributed by atoms with Gasteiger partial charge in [0.15, 0.2) is 0 Å². The Bertz CT molecular complexity index is 1160. The number of nitrogens with zero attached hydrogens (tertiary/aromatic N) is 4. The quantitative estimate of drug-likeness (QED) is 0.579. The van der Waals surface area contributed by atoms with Crippen molar-refractivity contribution >= 4 is 0 Å². The molecule has 0 fully saturated rings. The molecule has 0 saturated heterocycles. The van der Waals surface area contributed by atoms with Crippen molar-refractivity contribution < 1.29 is 19.1 Å². The van der Waals surface area contributed by atoms with Gasteiger partial charge in [-0.2, -0.15) is 10.2 Å². The summed E-state index contributed by atoms with van der Waals surface area (Å²) in [5.74, 6) is 1.26. The maximum Gasteiger partial charge on any atom is 0.258 e. The third-order valence-electron chi connectivity index (χ3n) is 5.28. The molecular weight excluding hydrogens is 396 g/mol. The lowest BCUT2D eigenvalue weighted by molar-refractivity contribution is -0.593. The molecule has 1 heterocycles. The highest BCUT2D eigenvalue weighted by molar-refractivity contribution is 5.67. The second kappa shape index (κ2) is 8.66. The molecule has 0 unspecified atom stereocenters. The van der Waals surface area contributed by atoms with Crippen LogP contribution in [0.25, 0.3) is 22.8 Å². The molecule has 3 aromatic rings. The molecule has 0 spiro atoms. The second-order valence-corrected chi connectivity index (χ2v) is 7.70. The standard InChI is InChI=1S/C23H23N4O4/c1-14(2)30-21-9-6-15(12-16(21)13-24)23-25-22(26-31-23)19-5-3-4-18-17(19)7-8-20(18)27(29)10-11-28/h3-6,9,12,14,20,28H,7-8,10-11H2,1-2H3/q+1/t20-/m1/s1. The third kappa shape index (κ3) is 4.05. The first-order valence-electron chi connectivity index (χ1n) is 10.2. The van der Waals surface area contributed by atoms with Crippen LogP contribution in [0.2, 0.25) is 0 Å². The van der Waals surface area contributed by atoms with Gasteiger partial charge < -0.3 is 14.4 Å². The highest BCUT2D eigenvalue weighted by Crippen LogP contribution is 2.39. The molecule has 0 saturated carbocycles. The van der Waals surface area contributed by atoms with E-state index in [0.717, 1.165) is 27.9 Å². The van der Waals surface area contributed by atoms with Gasteiger partial charge in [0.05, 0.1) is 11.7 Å². The molecule has 0 radical (unpaired) electrons. The van der Waals surface area contributed by atoms with Gasteiger partial charge in [-0.05, 0) is 44.0 Å². The number of aliphatic hydroxyl groups excluding tert-OH is 1. The van der Waals surface area contributed by atoms with Crippen LogP contribution in [0.3, 0.4) is 0 Å². The van der Waals surface area contributed by atoms with Crippen molar-refractivity contribution in [3.05, 3.63) is 58.0 Å². The predicted octanol–water partition coefficient (Wildman–Crippen LogP) is 3.82. The zero-order chi connectivity index (χ0) is 22.0. The van der Waals surface area contributed by atoms with E-state index in [2.05, 4.69) is 16.2 Å². The van der Waals surface area contributed by atoms with E-state index in [0.29, 0.717) is 35.0 Å². The van der Waals surface area contributed by atoms with Gasteiger partial charge in [0.25, 0.3) is 5.89 Å². The van der Waals surface area contributed by atoms with E-state index in [1.807, 2.05) is 32.0 Å². The number of nitriles is 1. The summed E-state index contributed by atoms with van der Waals surface area (Å²) < 4.78 is 12.1. The van der Waals surface area contributed by atoms with Gasteiger partial charge in [-0.3, -0.25) is 0 Å². The topological polar surface area (TPSA) is 112 Å². The fourth-order valence-electron chi connectivity index (χ4n) is 3.95. The molecule has 158 valence electrons. The Labute approximate surface area is 179 Å². The predicted molar refractivity (Wildman–Crippen MR) is 112 cm³/mol. The van der Waals surface area contributed by atoms with Crippen molar-refractivity contribution in [2.45, 2.75) is 38.8 Å². The van der Waals surface area contributed by atoms with E-state index in [4.69, 9.17) is 14.4 Å². The average molecular weight is 419 g/mol. The van der Waals surface area contributed by atoms with Gasteiger partial charge >= 0.3 is 0 Å². The Morgan fingerprint density at radius 2 is 2.19 bits per heavy atom. The molecule has 0 amide bonds. The van der Waals surface area contributed by atoms with Crippen LogP contribution < -0.4 is 4.74 Å². The Kier molecular flexibility index (Phi) is 5.78. The third-order valence-corrected chi connectivity index (χ3v) is 5.28. The van der Waals surface area contributed by atoms with Crippen LogP contribution in [-0.2, 0) is 6.42 Å². The highest BCUT2D eigenvalue weighted by atomic mass is 16.5. The maximum atomic E-state index is 12.3. The molecule has 1 aliphatic rings. The maximum absolute atomic E-state index is 12.3. The van der Waals surface area contributed by atoms with E-state index in [-0.39, 0.29) is 25.3 Å². The van der Waals surface area contributed by atoms with Gasteiger partial charge in [-0.15, -0.1) is 0 Å². The summed E-state index contributed by atoms with van der Waals surface area (Å²) >= 11 is 0. The lowest BCUT2D eigenvalue weighted by atomic mass is 10.0. The molecule has 4 rings (SSSR count). The molecule has 1 atom stereocenters. The van der Waals surface area contributed by atoms with Crippen LogP contribution >= 0.6 is 0 Å². The molecule has 1 N–H and O–H groups in total. The van der Waals surface area contributed by atoms with E-state index in [1.54, 1.807) is 18.2 Å². The Morgan fingerprint density at radius 3 is 2.94 bits per heavy atom. The van der Waals surface area contributed by atoms with Gasteiger partial charge in [0, 0.05) is 32.8 Å². The van der Waals surface area contributed by atoms with Crippen molar-refractivity contribution in [3.8, 4) is 34.7 Å². The molecule has 8 heteroatoms. The minimum atomic E-state index is -0.278. The van der Waals surface area contributed by atoms with Crippen LogP contribution in [0.5, 0.6) is 5.75 Å². The summed E-state index contributed by atoms with van der Waals surface area (Å²) in [6, 6.07) is 12.8. The lowest BCUT2D eigenvalue weighted by Crippen LogP contribution is -2.17. The fraction of sp³-hybridized carbons (Fsp3) is 0.348. The summed E-state index contributed by atoms with van der Waals surface area (Å²) in [6.45, 7) is 3.71. The van der Waals surface area contributed by atoms with Crippen molar-refractivity contribution in [1.29, 1.82) is 5.26 Å². The molecule has 31 heavy (non-hydrogen) atoms. The molecular formula is C23H23N4O4+. The number of benzene rings is 2. The number of fused-ring (bicyclic) bond motifs is 1. The Morgan fingerprint density at radius 1 is 1.35 bits per heavy atom. The van der Waals surface area contributed by atoms with Gasteiger partial charge in [-0.25, -0.2) is 0 Å². The van der Waals surface area contributed by atoms with Crippen LogP contribution in [-0.4, -0.2) is 39.3 Å². The largest absolute Gasteiger partial charge is 0.490 e. The summed E-state index contributed by atoms with van der Waals surface area (Å²) in [5.41, 5.74) is 3.82. The van der Waals surface area contributed by atoms with Crippen molar-refractivity contribution in [2.24, 2.45) is 0 Å². The summed E-state index contributed by atoms with van der Waals surface area (Å²) in [6.07, 6.45) is 1.37. The van der Waals surface area contributed by atoms with Crippen molar-refractivity contribution in [2.75, 3.05) is 13.2 Å². The zero-order valence-corrected chi connectivity index (χ0v) is 17.4. The van der Waals surface area contributed by atoms with Crippen LogP contribution in [0.15, 0.2) is 40.9 Å². The number of hydrogen-bond donors (Lipinski definition) is 1. The first-order valence-corrected chi connectivity index (χ1v) is 10.2. The second-order valence-electron chi connectivity index (χ2n) is 7.70. The van der Waals surface area contributed by atoms with Crippen LogP contribution in [0.1, 0.15) is 43.0 Å². The molecule has 0 bridgehead atoms. The minimum absolute atomic E-state index is 0.0422. The minimum Gasteiger partial charge on any atom is -0.490 e. The number of rotatable bonds is 7. The normalized spacial score (nSPS) is 15.0. The zero-order valence-electron chi connectivity index (χ0n) is 17.4. The van der Waals surface area contributed by atoms with Gasteiger partial charge in [-0.1, -0.05) is 23.4 Å². The van der Waals surface area contributed by atoms with Gasteiger partial charge in [0.1, 0.15) is 18.4 Å². The average Bonchev–Trinajstić information content (AvgIpc) is 3.41. The number of aliphatic hydroxyl groups is 1. The number of aromatic nitrogens is 2. The van der Waals surface area contributed by atoms with Crippen molar-refractivity contribution in [3.63, 3.8) is 0 Å². The first-order chi connectivity index (χ1) is 15.0. The molecule has 0 aliphatic heterocycles. The first kappa shape index (κ1) is 20.7. The van der Waals surface area contributed by atoms with Crippen molar-refractivity contribution in [1.82, 2.24) is 10.1 Å². The lowest BCUT2D eigenvalue weighted by Gasteiger charge is -2.11. The summed E-state index contributed by atoms with van der Waals surface area (Å²) in [7, 11) is 0. The number of ether oxygens (including phenoxy) is 1. The van der Waals surface area contributed by atoms with E-state index in [9.17, 15) is 10.2 Å². The SMILES string of the molecule is CC(C)Oc1ccc(-c2nc(-c3cccc4c3CC[C@H]4[N+](=O)CCO)no2)cc1C#N. The van der Waals surface area contributed by atoms with E-state index in [1.165, 1.54) is 0 Å². The van der Waals surface area contributed by atoms with E-state index < -0.39 is 0 Å². The fourth-order valence-corrected chi connectivity index (χ4v) is 3.95. The number of nitroso groups, excluding NO2 is 1. The smallest absolute Gasteiger partial charge is 0.258 e. The summed E-state index contributed by atoms with van der Waals surface area (Å²) in [4.78, 5) is 16.8. The summed E-state index contributed by atoms with van der Waals surface area (Å²) in [5, 5.41) is 22.7. The number of hydrogen-bond acceptors (Lipinski definition) is 7. The monoisotopic (exact) mass is 419 g/mol. The Balaban J connectivity index is 1.65. The molecule has 8 nitrogen and oxygen atoms in total. The molecule has 2 aromatic carbocycles. The highest BCUT2D eigenvalue weighted by Gasteiger charge is 2.36. The van der Waals surface area contributed by atoms with Gasteiger partial charge in [0.2, 0.25) is 18.4 Å². The van der Waals surface area contributed by atoms with E-state index >= 15 is 0 Å². The van der Waals surface area contributed by atoms with Crippen LogP contribution in [0.4, 0.5) is 0 Å². The molecule has 1 aliphatic carbocycles. The Hall–Kier alpha value is -3.57. The molecule has 1 aromatic heterocycles. The van der Waals surface area contributed by atoms with Crippen LogP contribution in [0, 0.1) is 16.2 Å².